The summed E-state index contributed by atoms with van der Waals surface area (Å²) in [4.78, 5) is 1.41. The number of rotatable bonds is 5. The standard InChI is InChI=1S/C8H17N5O/c1-4-8(2,6-9)14-5-7-10-12-13(3)11-7/h4-6,9H2,1-3H3. The summed E-state index contributed by atoms with van der Waals surface area (Å²) in [5.74, 6) is 0.584. The zero-order valence-electron chi connectivity index (χ0n) is 8.90. The number of aromatic nitrogens is 4. The van der Waals surface area contributed by atoms with Crippen molar-refractivity contribution in [2.24, 2.45) is 12.8 Å². The molecule has 0 saturated heterocycles. The van der Waals surface area contributed by atoms with E-state index in [0.29, 0.717) is 19.0 Å². The van der Waals surface area contributed by atoms with Crippen molar-refractivity contribution in [3.63, 3.8) is 0 Å². The topological polar surface area (TPSA) is 78.9 Å². The highest BCUT2D eigenvalue weighted by atomic mass is 16.5. The van der Waals surface area contributed by atoms with Crippen LogP contribution in [0.5, 0.6) is 0 Å². The van der Waals surface area contributed by atoms with Gasteiger partial charge in [-0.05, 0) is 18.6 Å². The molecule has 80 valence electrons. The monoisotopic (exact) mass is 199 g/mol. The maximum Gasteiger partial charge on any atom is 0.200 e. The van der Waals surface area contributed by atoms with Crippen molar-refractivity contribution >= 4 is 0 Å². The highest BCUT2D eigenvalue weighted by Crippen LogP contribution is 2.14. The Hall–Kier alpha value is -1.01. The van der Waals surface area contributed by atoms with Crippen LogP contribution >= 0.6 is 0 Å². The molecule has 0 fully saturated rings. The summed E-state index contributed by atoms with van der Waals surface area (Å²) in [7, 11) is 1.72. The first kappa shape index (κ1) is 11.1. The largest absolute Gasteiger partial charge is 0.366 e. The average molecular weight is 199 g/mol. The maximum absolute atomic E-state index is 5.62. The number of nitrogens with two attached hydrogens (primary N) is 1. The second-order valence-electron chi connectivity index (χ2n) is 3.49. The molecule has 2 N–H and O–H groups in total. The van der Waals surface area contributed by atoms with E-state index >= 15 is 0 Å². The number of hydrogen-bond acceptors (Lipinski definition) is 5. The molecule has 14 heavy (non-hydrogen) atoms. The van der Waals surface area contributed by atoms with Gasteiger partial charge in [0.25, 0.3) is 0 Å². The number of nitrogens with zero attached hydrogens (tertiary/aromatic N) is 4. The van der Waals surface area contributed by atoms with Crippen molar-refractivity contribution in [1.82, 2.24) is 20.2 Å². The molecule has 0 saturated carbocycles. The van der Waals surface area contributed by atoms with E-state index in [1.807, 2.05) is 13.8 Å². The molecule has 0 aliphatic heterocycles. The van der Waals surface area contributed by atoms with Gasteiger partial charge in [0.05, 0.1) is 12.6 Å². The molecule has 0 aromatic carbocycles. The minimum absolute atomic E-state index is 0.292. The highest BCUT2D eigenvalue weighted by molar-refractivity contribution is 4.78. The van der Waals surface area contributed by atoms with Gasteiger partial charge < -0.3 is 10.5 Å². The Balaban J connectivity index is 2.47. The minimum Gasteiger partial charge on any atom is -0.366 e. The van der Waals surface area contributed by atoms with Crippen LogP contribution in [0.15, 0.2) is 0 Å². The molecule has 1 aromatic rings. The van der Waals surface area contributed by atoms with Crippen molar-refractivity contribution in [1.29, 1.82) is 0 Å². The van der Waals surface area contributed by atoms with E-state index in [1.165, 1.54) is 4.80 Å². The number of tetrazole rings is 1. The molecule has 0 aliphatic rings. The van der Waals surface area contributed by atoms with Crippen LogP contribution in [0.1, 0.15) is 26.1 Å². The summed E-state index contributed by atoms with van der Waals surface area (Å²) in [6.45, 7) is 4.86. The third-order valence-corrected chi connectivity index (χ3v) is 2.28. The number of aryl methyl sites for hydroxylation is 1. The first-order valence-electron chi connectivity index (χ1n) is 4.66. The Morgan fingerprint density at radius 1 is 1.57 bits per heavy atom. The molecule has 0 bridgehead atoms. The number of hydrogen-bond donors (Lipinski definition) is 1. The molecule has 1 rings (SSSR count). The molecule has 6 nitrogen and oxygen atoms in total. The SMILES string of the molecule is CCC(C)(CN)OCc1nnn(C)n1. The molecule has 1 atom stereocenters. The van der Waals surface area contributed by atoms with Crippen LogP contribution in [-0.2, 0) is 18.4 Å². The summed E-state index contributed by atoms with van der Waals surface area (Å²) in [6, 6.07) is 0. The van der Waals surface area contributed by atoms with Crippen LogP contribution in [0.2, 0.25) is 0 Å². The molecule has 0 spiro atoms. The third-order valence-electron chi connectivity index (χ3n) is 2.28. The summed E-state index contributed by atoms with van der Waals surface area (Å²) >= 11 is 0. The van der Waals surface area contributed by atoms with E-state index in [-0.39, 0.29) is 5.60 Å². The molecule has 1 unspecified atom stereocenters. The second kappa shape index (κ2) is 4.47. The molecular weight excluding hydrogens is 182 g/mol. The van der Waals surface area contributed by atoms with Crippen LogP contribution in [0.4, 0.5) is 0 Å². The van der Waals surface area contributed by atoms with Gasteiger partial charge in [-0.3, -0.25) is 0 Å². The Morgan fingerprint density at radius 3 is 2.71 bits per heavy atom. The zero-order chi connectivity index (χ0) is 10.6. The molecular formula is C8H17N5O. The fraction of sp³-hybridized carbons (Fsp3) is 0.875. The van der Waals surface area contributed by atoms with E-state index in [2.05, 4.69) is 15.4 Å². The van der Waals surface area contributed by atoms with E-state index in [0.717, 1.165) is 6.42 Å². The summed E-state index contributed by atoms with van der Waals surface area (Å²) in [6.07, 6.45) is 0.865. The highest BCUT2D eigenvalue weighted by Gasteiger charge is 2.21. The first-order valence-corrected chi connectivity index (χ1v) is 4.66. The van der Waals surface area contributed by atoms with Gasteiger partial charge in [-0.25, -0.2) is 0 Å². The van der Waals surface area contributed by atoms with Crippen molar-refractivity contribution in [3.8, 4) is 0 Å². The van der Waals surface area contributed by atoms with Crippen LogP contribution in [0.25, 0.3) is 0 Å². The Bertz CT molecular complexity index is 281. The van der Waals surface area contributed by atoms with Crippen molar-refractivity contribution in [2.45, 2.75) is 32.5 Å². The molecule has 6 heteroatoms. The molecule has 0 amide bonds. The lowest BCUT2D eigenvalue weighted by Crippen LogP contribution is -2.36. The van der Waals surface area contributed by atoms with E-state index in [1.54, 1.807) is 7.05 Å². The summed E-state index contributed by atoms with van der Waals surface area (Å²) in [5.41, 5.74) is 5.31. The van der Waals surface area contributed by atoms with E-state index in [9.17, 15) is 0 Å². The predicted molar refractivity (Wildman–Crippen MR) is 51.3 cm³/mol. The van der Waals surface area contributed by atoms with E-state index in [4.69, 9.17) is 10.5 Å². The fourth-order valence-electron chi connectivity index (χ4n) is 0.925. The lowest BCUT2D eigenvalue weighted by Gasteiger charge is -2.25. The smallest absolute Gasteiger partial charge is 0.200 e. The van der Waals surface area contributed by atoms with Gasteiger partial charge >= 0.3 is 0 Å². The normalized spacial score (nSPS) is 15.4. The lowest BCUT2D eigenvalue weighted by atomic mass is 10.0. The maximum atomic E-state index is 5.62. The van der Waals surface area contributed by atoms with E-state index < -0.39 is 0 Å². The summed E-state index contributed by atoms with van der Waals surface area (Å²) in [5, 5.41) is 11.5. The van der Waals surface area contributed by atoms with Gasteiger partial charge in [0.2, 0.25) is 0 Å². The van der Waals surface area contributed by atoms with Gasteiger partial charge in [-0.15, -0.1) is 10.2 Å². The molecule has 0 aliphatic carbocycles. The lowest BCUT2D eigenvalue weighted by molar-refractivity contribution is -0.0416. The van der Waals surface area contributed by atoms with Crippen LogP contribution in [0, 0.1) is 0 Å². The fourth-order valence-corrected chi connectivity index (χ4v) is 0.925. The van der Waals surface area contributed by atoms with Crippen molar-refractivity contribution < 1.29 is 4.74 Å². The van der Waals surface area contributed by atoms with Crippen LogP contribution < -0.4 is 5.73 Å². The Labute approximate surface area is 83.4 Å². The second-order valence-corrected chi connectivity index (χ2v) is 3.49. The minimum atomic E-state index is -0.292. The zero-order valence-corrected chi connectivity index (χ0v) is 8.90. The Kier molecular flexibility index (Phi) is 3.54. The molecule has 1 heterocycles. The van der Waals surface area contributed by atoms with Gasteiger partial charge in [-0.2, -0.15) is 4.80 Å². The number of ether oxygens (including phenoxy) is 1. The third kappa shape index (κ3) is 2.74. The van der Waals surface area contributed by atoms with Gasteiger partial charge in [0.1, 0.15) is 6.61 Å². The van der Waals surface area contributed by atoms with Gasteiger partial charge in [0.15, 0.2) is 5.82 Å². The predicted octanol–water partition coefficient (Wildman–Crippen LogP) is -0.146. The van der Waals surface area contributed by atoms with Crippen LogP contribution in [-0.4, -0.2) is 32.4 Å². The first-order chi connectivity index (χ1) is 6.59. The average Bonchev–Trinajstić information content (AvgIpc) is 2.61. The van der Waals surface area contributed by atoms with Gasteiger partial charge in [0, 0.05) is 6.54 Å². The van der Waals surface area contributed by atoms with Crippen LogP contribution in [0.3, 0.4) is 0 Å². The van der Waals surface area contributed by atoms with Crippen molar-refractivity contribution in [2.75, 3.05) is 6.54 Å². The van der Waals surface area contributed by atoms with Crippen molar-refractivity contribution in [3.05, 3.63) is 5.82 Å². The Morgan fingerprint density at radius 2 is 2.29 bits per heavy atom. The van der Waals surface area contributed by atoms with Gasteiger partial charge in [-0.1, -0.05) is 6.92 Å². The molecule has 0 radical (unpaired) electrons. The molecule has 1 aromatic heterocycles. The quantitative estimate of drug-likeness (QED) is 0.713. The summed E-state index contributed by atoms with van der Waals surface area (Å²) < 4.78 is 5.62.